The maximum atomic E-state index is 8.92. The largest absolute Gasteiger partial charge is 0.506 e. The van der Waals surface area contributed by atoms with E-state index in [9.17, 15) is 0 Å². The number of aromatic hydroxyl groups is 1. The van der Waals surface area contributed by atoms with Gasteiger partial charge in [0.15, 0.2) is 0 Å². The highest BCUT2D eigenvalue weighted by atomic mass is 16.8. The predicted octanol–water partition coefficient (Wildman–Crippen LogP) is 0.559. The monoisotopic (exact) mass is 156 g/mol. The molecule has 0 amide bonds. The van der Waals surface area contributed by atoms with Gasteiger partial charge in [-0.15, -0.1) is 5.23 Å². The van der Waals surface area contributed by atoms with Crippen LogP contribution in [0.1, 0.15) is 0 Å². The number of nitrogen functional groups attached to an aromatic ring is 1. The Morgan fingerprint density at radius 1 is 1.27 bits per heavy atom. The van der Waals surface area contributed by atoms with Gasteiger partial charge in [0.05, 0.1) is 11.4 Å². The van der Waals surface area contributed by atoms with Crippen molar-refractivity contribution in [2.45, 2.75) is 0 Å². The van der Waals surface area contributed by atoms with Crippen molar-refractivity contribution < 1.29 is 15.5 Å². The van der Waals surface area contributed by atoms with E-state index >= 15 is 0 Å². The zero-order chi connectivity index (χ0) is 8.43. The Kier molecular flexibility index (Phi) is 1.84. The molecule has 0 atom stereocenters. The molecule has 0 bridgehead atoms. The third-order valence-electron chi connectivity index (χ3n) is 1.24. The predicted molar refractivity (Wildman–Crippen MR) is 38.6 cm³/mol. The molecule has 5 nitrogen and oxygen atoms in total. The van der Waals surface area contributed by atoms with Crippen LogP contribution in [0.2, 0.25) is 0 Å². The molecule has 5 heteroatoms. The first-order valence-electron chi connectivity index (χ1n) is 2.87. The van der Waals surface area contributed by atoms with Crippen molar-refractivity contribution in [3.63, 3.8) is 0 Å². The van der Waals surface area contributed by atoms with E-state index in [1.165, 1.54) is 18.2 Å². The molecule has 0 fully saturated rings. The molecule has 1 rings (SSSR count). The maximum Gasteiger partial charge on any atom is 0.138 e. The SMILES string of the molecule is Nc1cc(N(O)O)ccc1O. The Balaban J connectivity index is 3.05. The number of rotatable bonds is 1. The number of hydrogen-bond acceptors (Lipinski definition) is 5. The lowest BCUT2D eigenvalue weighted by Crippen LogP contribution is -2.10. The van der Waals surface area contributed by atoms with E-state index < -0.39 is 0 Å². The van der Waals surface area contributed by atoms with Crippen LogP contribution < -0.4 is 11.0 Å². The number of hydrogen-bond donors (Lipinski definition) is 4. The summed E-state index contributed by atoms with van der Waals surface area (Å²) < 4.78 is 0. The molecule has 0 heterocycles. The summed E-state index contributed by atoms with van der Waals surface area (Å²) in [5.74, 6) is -0.0874. The zero-order valence-electron chi connectivity index (χ0n) is 5.60. The average Bonchev–Trinajstić information content (AvgIpc) is 1.94. The molecule has 60 valence electrons. The zero-order valence-corrected chi connectivity index (χ0v) is 5.60. The van der Waals surface area contributed by atoms with Crippen molar-refractivity contribution in [1.82, 2.24) is 0 Å². The Labute approximate surface area is 62.8 Å². The third-order valence-corrected chi connectivity index (χ3v) is 1.24. The van der Waals surface area contributed by atoms with Crippen LogP contribution in [0.4, 0.5) is 11.4 Å². The fraction of sp³-hybridized carbons (Fsp3) is 0. The molecule has 0 unspecified atom stereocenters. The van der Waals surface area contributed by atoms with Crippen molar-refractivity contribution in [3.8, 4) is 5.75 Å². The van der Waals surface area contributed by atoms with Crippen molar-refractivity contribution in [1.29, 1.82) is 0 Å². The van der Waals surface area contributed by atoms with Crippen LogP contribution in [-0.4, -0.2) is 15.5 Å². The van der Waals surface area contributed by atoms with Crippen LogP contribution in [0.25, 0.3) is 0 Å². The number of phenolic OH excluding ortho intramolecular Hbond substituents is 1. The standard InChI is InChI=1S/C6H8N2O3/c7-5-3-4(8(10)11)1-2-6(5)9/h1-3,9-11H,7H2. The smallest absolute Gasteiger partial charge is 0.138 e. The molecule has 0 aliphatic carbocycles. The van der Waals surface area contributed by atoms with Crippen LogP contribution in [0.15, 0.2) is 18.2 Å². The van der Waals surface area contributed by atoms with Crippen LogP contribution in [0.3, 0.4) is 0 Å². The highest BCUT2D eigenvalue weighted by Gasteiger charge is 2.01. The molecule has 0 aliphatic heterocycles. The van der Waals surface area contributed by atoms with E-state index in [1.807, 2.05) is 0 Å². The van der Waals surface area contributed by atoms with Crippen molar-refractivity contribution in [3.05, 3.63) is 18.2 Å². The van der Waals surface area contributed by atoms with Gasteiger partial charge >= 0.3 is 0 Å². The molecule has 0 saturated carbocycles. The fourth-order valence-corrected chi connectivity index (χ4v) is 0.666. The summed E-state index contributed by atoms with van der Waals surface area (Å²) in [4.78, 5) is 0. The second kappa shape index (κ2) is 2.65. The first kappa shape index (κ1) is 7.64. The molecule has 0 saturated heterocycles. The van der Waals surface area contributed by atoms with Crippen molar-refractivity contribution in [2.75, 3.05) is 11.0 Å². The number of benzene rings is 1. The minimum absolute atomic E-state index is 0.0736. The molecule has 1 aromatic rings. The second-order valence-electron chi connectivity index (χ2n) is 2.03. The molecular weight excluding hydrogens is 148 g/mol. The molecule has 11 heavy (non-hydrogen) atoms. The van der Waals surface area contributed by atoms with Crippen molar-refractivity contribution >= 4 is 11.4 Å². The van der Waals surface area contributed by atoms with E-state index in [2.05, 4.69) is 0 Å². The van der Waals surface area contributed by atoms with E-state index in [4.69, 9.17) is 21.3 Å². The number of nitrogens with two attached hydrogens (primary N) is 1. The quantitative estimate of drug-likeness (QED) is 0.271. The molecule has 0 aliphatic rings. The van der Waals surface area contributed by atoms with Crippen LogP contribution >= 0.6 is 0 Å². The normalized spacial score (nSPS) is 9.64. The first-order valence-corrected chi connectivity index (χ1v) is 2.87. The first-order chi connectivity index (χ1) is 5.11. The lowest BCUT2D eigenvalue weighted by molar-refractivity contribution is 0.0292. The van der Waals surface area contributed by atoms with E-state index in [0.29, 0.717) is 0 Å². The maximum absolute atomic E-state index is 8.92. The summed E-state index contributed by atoms with van der Waals surface area (Å²) in [6, 6.07) is 3.81. The Bertz CT molecular complexity index is 262. The summed E-state index contributed by atoms with van der Waals surface area (Å²) in [6.07, 6.45) is 0. The molecule has 1 aromatic carbocycles. The summed E-state index contributed by atoms with van der Waals surface area (Å²) in [5, 5.41) is 25.8. The van der Waals surface area contributed by atoms with Crippen LogP contribution in [-0.2, 0) is 0 Å². The van der Waals surface area contributed by atoms with E-state index in [1.54, 1.807) is 0 Å². The molecule has 5 N–H and O–H groups in total. The number of anilines is 2. The summed E-state index contributed by atoms with van der Waals surface area (Å²) in [5.41, 5.74) is 5.45. The van der Waals surface area contributed by atoms with Gasteiger partial charge in [-0.2, -0.15) is 0 Å². The highest BCUT2D eigenvalue weighted by molar-refractivity contribution is 5.60. The van der Waals surface area contributed by atoms with Gasteiger partial charge in [0.2, 0.25) is 0 Å². The molecule has 0 spiro atoms. The molecular formula is C6H8N2O3. The Morgan fingerprint density at radius 2 is 1.91 bits per heavy atom. The van der Waals surface area contributed by atoms with Gasteiger partial charge < -0.3 is 10.8 Å². The Morgan fingerprint density at radius 3 is 2.36 bits per heavy atom. The van der Waals surface area contributed by atoms with E-state index in [0.717, 1.165) is 0 Å². The summed E-state index contributed by atoms with van der Waals surface area (Å²) >= 11 is 0. The van der Waals surface area contributed by atoms with Gasteiger partial charge in [-0.3, -0.25) is 10.4 Å². The second-order valence-corrected chi connectivity index (χ2v) is 2.03. The summed E-state index contributed by atoms with van der Waals surface area (Å²) in [6.45, 7) is 0. The van der Waals surface area contributed by atoms with Gasteiger partial charge in [-0.1, -0.05) is 0 Å². The lowest BCUT2D eigenvalue weighted by atomic mass is 10.2. The number of nitrogens with zero attached hydrogens (tertiary/aromatic N) is 1. The van der Waals surface area contributed by atoms with E-state index in [-0.39, 0.29) is 22.4 Å². The third kappa shape index (κ3) is 1.51. The fourth-order valence-electron chi connectivity index (χ4n) is 0.666. The van der Waals surface area contributed by atoms with Gasteiger partial charge in [0.1, 0.15) is 5.75 Å². The minimum atomic E-state index is -0.0874. The van der Waals surface area contributed by atoms with Crippen LogP contribution in [0.5, 0.6) is 5.75 Å². The molecule has 0 radical (unpaired) electrons. The molecule has 0 aromatic heterocycles. The summed E-state index contributed by atoms with van der Waals surface area (Å²) in [7, 11) is 0. The Hall–Kier alpha value is -1.46. The topological polar surface area (TPSA) is 90.0 Å². The highest BCUT2D eigenvalue weighted by Crippen LogP contribution is 2.24. The van der Waals surface area contributed by atoms with Crippen molar-refractivity contribution in [2.24, 2.45) is 0 Å². The number of phenols is 1. The van der Waals surface area contributed by atoms with Gasteiger partial charge in [-0.25, -0.2) is 0 Å². The van der Waals surface area contributed by atoms with Gasteiger partial charge in [0, 0.05) is 0 Å². The van der Waals surface area contributed by atoms with Gasteiger partial charge in [0.25, 0.3) is 0 Å². The van der Waals surface area contributed by atoms with Crippen LogP contribution in [0, 0.1) is 0 Å². The minimum Gasteiger partial charge on any atom is -0.506 e. The lowest BCUT2D eigenvalue weighted by Gasteiger charge is -2.08. The average molecular weight is 156 g/mol. The van der Waals surface area contributed by atoms with Gasteiger partial charge in [-0.05, 0) is 18.2 Å².